The minimum atomic E-state index is -0.460. The maximum absolute atomic E-state index is 13.5. The van der Waals surface area contributed by atoms with Crippen molar-refractivity contribution in [3.8, 4) is 11.5 Å². The van der Waals surface area contributed by atoms with Gasteiger partial charge in [0.15, 0.2) is 5.82 Å². The zero-order valence-electron chi connectivity index (χ0n) is 12.0. The third-order valence-electron chi connectivity index (χ3n) is 4.20. The van der Waals surface area contributed by atoms with Gasteiger partial charge in [-0.1, -0.05) is 43.3 Å². The second-order valence-corrected chi connectivity index (χ2v) is 5.70. The molecule has 0 aliphatic heterocycles. The Balaban J connectivity index is 1.83. The average Bonchev–Trinajstić information content (AvgIpc) is 2.91. The first-order valence-electron chi connectivity index (χ1n) is 7.63. The topological polar surface area (TPSA) is 64.9 Å². The number of nitrogen functional groups attached to an aromatic ring is 1. The molecule has 1 aliphatic carbocycles. The average molecular weight is 289 g/mol. The second kappa shape index (κ2) is 6.24. The highest BCUT2D eigenvalue weighted by atomic mass is 19.1. The SMILES string of the molecule is Nc1c(F)cccc1-c1nc(C2CCCCCCC2)no1. The molecule has 0 spiro atoms. The Labute approximate surface area is 123 Å². The third-order valence-corrected chi connectivity index (χ3v) is 4.20. The smallest absolute Gasteiger partial charge is 0.260 e. The van der Waals surface area contributed by atoms with E-state index in [9.17, 15) is 4.39 Å². The summed E-state index contributed by atoms with van der Waals surface area (Å²) in [4.78, 5) is 4.45. The van der Waals surface area contributed by atoms with Gasteiger partial charge in [-0.15, -0.1) is 0 Å². The van der Waals surface area contributed by atoms with Gasteiger partial charge in [0.25, 0.3) is 5.89 Å². The first kappa shape index (κ1) is 14.0. The molecule has 3 rings (SSSR count). The molecule has 5 heteroatoms. The van der Waals surface area contributed by atoms with Gasteiger partial charge in [-0.3, -0.25) is 0 Å². The third kappa shape index (κ3) is 3.06. The van der Waals surface area contributed by atoms with E-state index in [4.69, 9.17) is 10.3 Å². The van der Waals surface area contributed by atoms with Crippen molar-refractivity contribution in [2.75, 3.05) is 5.73 Å². The summed E-state index contributed by atoms with van der Waals surface area (Å²) in [5.41, 5.74) is 6.28. The lowest BCUT2D eigenvalue weighted by Crippen LogP contribution is -2.04. The molecule has 1 aromatic heterocycles. The Hall–Kier alpha value is -1.91. The molecule has 4 nitrogen and oxygen atoms in total. The number of hydrogen-bond acceptors (Lipinski definition) is 4. The summed E-state index contributed by atoms with van der Waals surface area (Å²) in [5.74, 6) is 0.926. The fourth-order valence-electron chi connectivity index (χ4n) is 2.95. The van der Waals surface area contributed by atoms with Crippen LogP contribution in [0, 0.1) is 5.82 Å². The van der Waals surface area contributed by atoms with Gasteiger partial charge in [0.1, 0.15) is 5.82 Å². The summed E-state index contributed by atoms with van der Waals surface area (Å²) in [6, 6.07) is 4.62. The molecule has 112 valence electrons. The molecule has 21 heavy (non-hydrogen) atoms. The van der Waals surface area contributed by atoms with E-state index in [0.29, 0.717) is 17.4 Å². The van der Waals surface area contributed by atoms with E-state index in [1.807, 2.05) is 0 Å². The van der Waals surface area contributed by atoms with E-state index in [1.165, 1.54) is 38.2 Å². The van der Waals surface area contributed by atoms with Crippen LogP contribution in [0.4, 0.5) is 10.1 Å². The molecule has 1 aliphatic rings. The number of nitrogens with zero attached hydrogens (tertiary/aromatic N) is 2. The molecule has 0 radical (unpaired) electrons. The van der Waals surface area contributed by atoms with Gasteiger partial charge in [-0.2, -0.15) is 4.98 Å². The van der Waals surface area contributed by atoms with Crippen LogP contribution in [0.2, 0.25) is 0 Å². The lowest BCUT2D eigenvalue weighted by Gasteiger charge is -2.15. The van der Waals surface area contributed by atoms with Crippen molar-refractivity contribution in [2.45, 2.75) is 50.9 Å². The molecule has 2 N–H and O–H groups in total. The highest BCUT2D eigenvalue weighted by Gasteiger charge is 2.21. The quantitative estimate of drug-likeness (QED) is 0.838. The number of para-hydroxylation sites is 1. The molecule has 0 atom stereocenters. The van der Waals surface area contributed by atoms with Gasteiger partial charge in [-0.05, 0) is 25.0 Å². The number of hydrogen-bond donors (Lipinski definition) is 1. The molecule has 1 saturated carbocycles. The van der Waals surface area contributed by atoms with E-state index in [2.05, 4.69) is 10.1 Å². The van der Waals surface area contributed by atoms with Crippen LogP contribution >= 0.6 is 0 Å². The fraction of sp³-hybridized carbons (Fsp3) is 0.500. The molecule has 0 saturated heterocycles. The van der Waals surface area contributed by atoms with Crippen LogP contribution in [0.3, 0.4) is 0 Å². The Morgan fingerprint density at radius 3 is 2.57 bits per heavy atom. The number of benzene rings is 1. The highest BCUT2D eigenvalue weighted by Crippen LogP contribution is 2.32. The lowest BCUT2D eigenvalue weighted by atomic mass is 9.91. The fourth-order valence-corrected chi connectivity index (χ4v) is 2.95. The Morgan fingerprint density at radius 2 is 1.81 bits per heavy atom. The van der Waals surface area contributed by atoms with Gasteiger partial charge < -0.3 is 10.3 Å². The number of aromatic nitrogens is 2. The zero-order valence-corrected chi connectivity index (χ0v) is 12.0. The Kier molecular flexibility index (Phi) is 4.18. The van der Waals surface area contributed by atoms with Crippen molar-refractivity contribution in [3.63, 3.8) is 0 Å². The van der Waals surface area contributed by atoms with Crippen LogP contribution in [-0.2, 0) is 0 Å². The molecular weight excluding hydrogens is 269 g/mol. The largest absolute Gasteiger partial charge is 0.396 e. The van der Waals surface area contributed by atoms with Gasteiger partial charge >= 0.3 is 0 Å². The molecule has 0 bridgehead atoms. The van der Waals surface area contributed by atoms with E-state index < -0.39 is 5.82 Å². The van der Waals surface area contributed by atoms with Crippen molar-refractivity contribution in [1.82, 2.24) is 10.1 Å². The summed E-state index contributed by atoms with van der Waals surface area (Å²) in [6.07, 6.45) is 8.47. The lowest BCUT2D eigenvalue weighted by molar-refractivity contribution is 0.393. The van der Waals surface area contributed by atoms with Crippen molar-refractivity contribution < 1.29 is 8.91 Å². The van der Waals surface area contributed by atoms with Crippen molar-refractivity contribution in [2.24, 2.45) is 0 Å². The van der Waals surface area contributed by atoms with Crippen molar-refractivity contribution in [1.29, 1.82) is 0 Å². The van der Waals surface area contributed by atoms with E-state index in [-0.39, 0.29) is 5.69 Å². The van der Waals surface area contributed by atoms with Crippen LogP contribution in [-0.4, -0.2) is 10.1 Å². The maximum atomic E-state index is 13.5. The van der Waals surface area contributed by atoms with E-state index >= 15 is 0 Å². The van der Waals surface area contributed by atoms with Crippen LogP contribution in [0.25, 0.3) is 11.5 Å². The monoisotopic (exact) mass is 289 g/mol. The predicted octanol–water partition coefficient (Wildman–Crippen LogP) is 4.29. The number of nitrogens with two attached hydrogens (primary N) is 1. The van der Waals surface area contributed by atoms with Gasteiger partial charge in [0.2, 0.25) is 0 Å². The number of halogens is 1. The summed E-state index contributed by atoms with van der Waals surface area (Å²) >= 11 is 0. The number of anilines is 1. The Morgan fingerprint density at radius 1 is 1.10 bits per heavy atom. The first-order chi connectivity index (χ1) is 10.3. The zero-order chi connectivity index (χ0) is 14.7. The minimum absolute atomic E-state index is 0.0605. The van der Waals surface area contributed by atoms with E-state index in [0.717, 1.165) is 18.7 Å². The molecule has 2 aromatic rings. The molecule has 1 heterocycles. The maximum Gasteiger partial charge on any atom is 0.260 e. The second-order valence-electron chi connectivity index (χ2n) is 5.70. The Bertz CT molecular complexity index is 603. The molecule has 1 aromatic carbocycles. The molecule has 1 fully saturated rings. The van der Waals surface area contributed by atoms with Gasteiger partial charge in [-0.25, -0.2) is 4.39 Å². The number of rotatable bonds is 2. The van der Waals surface area contributed by atoms with Gasteiger partial charge in [0.05, 0.1) is 11.3 Å². The minimum Gasteiger partial charge on any atom is -0.396 e. The highest BCUT2D eigenvalue weighted by molar-refractivity contribution is 5.70. The summed E-state index contributed by atoms with van der Waals surface area (Å²) in [7, 11) is 0. The predicted molar refractivity (Wildman–Crippen MR) is 79.2 cm³/mol. The molecule has 0 amide bonds. The molecule has 0 unspecified atom stereocenters. The van der Waals surface area contributed by atoms with Crippen LogP contribution in [0.5, 0.6) is 0 Å². The van der Waals surface area contributed by atoms with Crippen molar-refractivity contribution in [3.05, 3.63) is 29.8 Å². The van der Waals surface area contributed by atoms with Crippen LogP contribution in [0.1, 0.15) is 56.7 Å². The van der Waals surface area contributed by atoms with E-state index in [1.54, 1.807) is 12.1 Å². The first-order valence-corrected chi connectivity index (χ1v) is 7.63. The van der Waals surface area contributed by atoms with Crippen molar-refractivity contribution >= 4 is 5.69 Å². The standard InChI is InChI=1S/C16H20FN3O/c17-13-10-6-9-12(14(13)18)16-19-15(20-21-16)11-7-4-2-1-3-5-8-11/h6,9-11H,1-5,7-8,18H2. The van der Waals surface area contributed by atoms with Gasteiger partial charge in [0, 0.05) is 5.92 Å². The van der Waals surface area contributed by atoms with Crippen LogP contribution < -0.4 is 5.73 Å². The summed E-state index contributed by atoms with van der Waals surface area (Å²) < 4.78 is 18.8. The summed E-state index contributed by atoms with van der Waals surface area (Å²) in [5, 5.41) is 4.10. The van der Waals surface area contributed by atoms with Crippen LogP contribution in [0.15, 0.2) is 22.7 Å². The summed E-state index contributed by atoms with van der Waals surface area (Å²) in [6.45, 7) is 0. The molecular formula is C16H20FN3O. The normalized spacial score (nSPS) is 17.4.